The molecule has 5 heterocycles. The van der Waals surface area contributed by atoms with Crippen LogP contribution in [0.5, 0.6) is 0 Å². The number of carbonyl (C=O) groups is 1. The molecule has 5 nitrogen and oxygen atoms in total. The number of hydrogen-bond donors (Lipinski definition) is 1. The minimum atomic E-state index is -1.76. The summed E-state index contributed by atoms with van der Waals surface area (Å²) in [4.78, 5) is 14.4. The summed E-state index contributed by atoms with van der Waals surface area (Å²) < 4.78 is 12.4. The smallest absolute Gasteiger partial charge is 0.349 e. The predicted molar refractivity (Wildman–Crippen MR) is 108 cm³/mol. The molecular weight excluding hydrogens is 394 g/mol. The molecule has 2 aromatic heterocycles. The number of nitrogens with zero attached hydrogens (tertiary/aromatic N) is 1. The standard InChI is InChI=1S/C21H22NO4S2/c1-3-22(4-2)14-11-13(12-15(22)19-18(14)26-19)25-20(23)21(24,16-7-5-9-27-16)17-8-6-10-28-17/h3-10,13-15,18-19,24H,1-2,11-12H2/q+1. The number of quaternary nitrogens is 1. The maximum Gasteiger partial charge on any atom is 0.349 e. The van der Waals surface area contributed by atoms with Gasteiger partial charge in [0.25, 0.3) is 0 Å². The van der Waals surface area contributed by atoms with Crippen LogP contribution in [0.3, 0.4) is 0 Å². The number of epoxide rings is 1. The minimum Gasteiger partial charge on any atom is -0.459 e. The molecule has 5 rings (SSSR count). The fourth-order valence-corrected chi connectivity index (χ4v) is 6.73. The largest absolute Gasteiger partial charge is 0.459 e. The molecule has 0 amide bonds. The number of morpholine rings is 1. The van der Waals surface area contributed by atoms with E-state index < -0.39 is 11.6 Å². The molecule has 4 atom stereocenters. The third-order valence-electron chi connectivity index (χ3n) is 6.43. The van der Waals surface area contributed by atoms with E-state index in [9.17, 15) is 9.90 Å². The minimum absolute atomic E-state index is 0.160. The molecule has 1 N–H and O–H groups in total. The number of aliphatic hydroxyl groups is 1. The molecule has 146 valence electrons. The number of rotatable bonds is 6. The first-order valence-corrected chi connectivity index (χ1v) is 11.1. The molecule has 2 bridgehead atoms. The second kappa shape index (κ2) is 6.37. The molecule has 3 saturated heterocycles. The molecule has 3 fully saturated rings. The highest BCUT2D eigenvalue weighted by Crippen LogP contribution is 2.54. The first-order chi connectivity index (χ1) is 13.5. The summed E-state index contributed by atoms with van der Waals surface area (Å²) in [5.74, 6) is -0.603. The van der Waals surface area contributed by atoms with Gasteiger partial charge in [0.05, 0.1) is 22.2 Å². The predicted octanol–water partition coefficient (Wildman–Crippen LogP) is 3.37. The monoisotopic (exact) mass is 416 g/mol. The number of thiophene rings is 2. The highest BCUT2D eigenvalue weighted by Gasteiger charge is 2.72. The third-order valence-corrected chi connectivity index (χ3v) is 8.39. The number of ether oxygens (including phenoxy) is 2. The second-order valence-electron chi connectivity index (χ2n) is 7.62. The summed E-state index contributed by atoms with van der Waals surface area (Å²) in [5.41, 5.74) is -1.76. The lowest BCUT2D eigenvalue weighted by atomic mass is 9.94. The molecule has 0 spiro atoms. The van der Waals surface area contributed by atoms with Crippen molar-refractivity contribution in [1.82, 2.24) is 0 Å². The Morgan fingerprint density at radius 2 is 1.68 bits per heavy atom. The van der Waals surface area contributed by atoms with Crippen molar-refractivity contribution in [2.45, 2.75) is 48.8 Å². The van der Waals surface area contributed by atoms with E-state index in [1.165, 1.54) is 22.7 Å². The number of hydrogen-bond acceptors (Lipinski definition) is 6. The summed E-state index contributed by atoms with van der Waals surface area (Å²) in [5, 5.41) is 15.1. The van der Waals surface area contributed by atoms with Crippen LogP contribution in [-0.4, -0.2) is 46.0 Å². The molecule has 2 aromatic rings. The molecule has 0 radical (unpaired) electrons. The van der Waals surface area contributed by atoms with Crippen molar-refractivity contribution in [1.29, 1.82) is 0 Å². The van der Waals surface area contributed by atoms with Gasteiger partial charge in [0.15, 0.2) is 0 Å². The van der Waals surface area contributed by atoms with Crippen LogP contribution in [0.4, 0.5) is 0 Å². The van der Waals surface area contributed by atoms with Crippen molar-refractivity contribution in [3.63, 3.8) is 0 Å². The van der Waals surface area contributed by atoms with Gasteiger partial charge in [-0.3, -0.25) is 4.48 Å². The quantitative estimate of drug-likeness (QED) is 0.446. The Balaban J connectivity index is 1.40. The molecule has 4 unspecified atom stereocenters. The zero-order valence-electron chi connectivity index (χ0n) is 15.3. The van der Waals surface area contributed by atoms with E-state index in [1.54, 1.807) is 12.1 Å². The third kappa shape index (κ3) is 2.37. The lowest BCUT2D eigenvalue weighted by Gasteiger charge is -2.45. The Hall–Kier alpha value is -1.77. The number of carbonyl (C=O) groups excluding carboxylic acids is 1. The van der Waals surface area contributed by atoms with Crippen LogP contribution in [0.25, 0.3) is 0 Å². The van der Waals surface area contributed by atoms with E-state index in [1.807, 2.05) is 35.3 Å². The van der Waals surface area contributed by atoms with E-state index in [2.05, 4.69) is 13.2 Å². The zero-order valence-corrected chi connectivity index (χ0v) is 16.9. The van der Waals surface area contributed by atoms with Crippen molar-refractivity contribution >= 4 is 28.6 Å². The molecule has 0 aromatic carbocycles. The van der Waals surface area contributed by atoms with E-state index in [-0.39, 0.29) is 30.4 Å². The fourth-order valence-electron chi connectivity index (χ4n) is 5.02. The molecule has 0 aliphatic carbocycles. The zero-order chi connectivity index (χ0) is 19.5. The topological polar surface area (TPSA) is 59.1 Å². The van der Waals surface area contributed by atoms with E-state index in [4.69, 9.17) is 9.47 Å². The van der Waals surface area contributed by atoms with Gasteiger partial charge in [-0.25, -0.2) is 4.79 Å². The van der Waals surface area contributed by atoms with Crippen LogP contribution < -0.4 is 0 Å². The Morgan fingerprint density at radius 3 is 2.11 bits per heavy atom. The van der Waals surface area contributed by atoms with E-state index in [0.29, 0.717) is 27.1 Å². The number of piperidine rings is 1. The molecule has 3 aliphatic heterocycles. The Morgan fingerprint density at radius 1 is 1.14 bits per heavy atom. The van der Waals surface area contributed by atoms with Crippen molar-refractivity contribution in [2.24, 2.45) is 0 Å². The molecule has 3 aliphatic rings. The van der Waals surface area contributed by atoms with Gasteiger partial charge in [0, 0.05) is 12.8 Å². The van der Waals surface area contributed by atoms with Gasteiger partial charge >= 0.3 is 5.97 Å². The number of esters is 1. The maximum absolute atomic E-state index is 13.2. The molecule has 0 saturated carbocycles. The van der Waals surface area contributed by atoms with Crippen LogP contribution >= 0.6 is 22.7 Å². The van der Waals surface area contributed by atoms with Gasteiger partial charge in [0.1, 0.15) is 30.4 Å². The normalized spacial score (nSPS) is 32.4. The van der Waals surface area contributed by atoms with Crippen molar-refractivity contribution in [2.75, 3.05) is 0 Å². The Bertz CT molecular complexity index is 845. The van der Waals surface area contributed by atoms with Gasteiger partial charge in [-0.1, -0.05) is 12.1 Å². The fraction of sp³-hybridized carbons (Fsp3) is 0.381. The number of fused-ring (bicyclic) bond motifs is 5. The van der Waals surface area contributed by atoms with Crippen LogP contribution in [0, 0.1) is 0 Å². The summed E-state index contributed by atoms with van der Waals surface area (Å²) >= 11 is 2.71. The van der Waals surface area contributed by atoms with Gasteiger partial charge in [-0.05, 0) is 36.1 Å². The van der Waals surface area contributed by atoms with Gasteiger partial charge in [-0.15, -0.1) is 22.7 Å². The molecule has 7 heteroatoms. The first kappa shape index (κ1) is 18.3. The summed E-state index contributed by atoms with van der Waals surface area (Å²) in [7, 11) is 0. The summed E-state index contributed by atoms with van der Waals surface area (Å²) in [6.07, 6.45) is 5.32. The summed E-state index contributed by atoms with van der Waals surface area (Å²) in [6.45, 7) is 8.03. The van der Waals surface area contributed by atoms with Gasteiger partial charge in [-0.2, -0.15) is 0 Å². The van der Waals surface area contributed by atoms with Crippen molar-refractivity contribution in [3.8, 4) is 0 Å². The SMILES string of the molecule is C=C[N+]1(C=C)C2CC(OC(=O)C(O)(c3cccs3)c3cccs3)CC1C1OC12. The van der Waals surface area contributed by atoms with Crippen LogP contribution in [0.15, 0.2) is 60.6 Å². The van der Waals surface area contributed by atoms with Crippen LogP contribution in [0.2, 0.25) is 0 Å². The first-order valence-electron chi connectivity index (χ1n) is 9.36. The lowest BCUT2D eigenvalue weighted by molar-refractivity contribution is -0.880. The van der Waals surface area contributed by atoms with Gasteiger partial charge < -0.3 is 14.6 Å². The lowest BCUT2D eigenvalue weighted by Crippen LogP contribution is -2.58. The maximum atomic E-state index is 13.2. The van der Waals surface area contributed by atoms with Crippen LogP contribution in [-0.2, 0) is 19.9 Å². The highest BCUT2D eigenvalue weighted by atomic mass is 32.1. The van der Waals surface area contributed by atoms with Gasteiger partial charge in [0.2, 0.25) is 5.60 Å². The highest BCUT2D eigenvalue weighted by molar-refractivity contribution is 7.12. The molecule has 28 heavy (non-hydrogen) atoms. The van der Waals surface area contributed by atoms with E-state index >= 15 is 0 Å². The van der Waals surface area contributed by atoms with E-state index in [0.717, 1.165) is 0 Å². The Labute approximate surface area is 171 Å². The van der Waals surface area contributed by atoms with Crippen molar-refractivity contribution < 1.29 is 23.9 Å². The Kier molecular flexibility index (Phi) is 4.16. The average Bonchev–Trinajstić information content (AvgIpc) is 3.08. The summed E-state index contributed by atoms with van der Waals surface area (Å²) in [6, 6.07) is 7.53. The average molecular weight is 417 g/mol. The molecular formula is C21H22NO4S2+. The van der Waals surface area contributed by atoms with Crippen molar-refractivity contribution in [3.05, 3.63) is 70.3 Å². The van der Waals surface area contributed by atoms with Crippen LogP contribution in [0.1, 0.15) is 22.6 Å². The second-order valence-corrected chi connectivity index (χ2v) is 9.52.